The van der Waals surface area contributed by atoms with Crippen molar-refractivity contribution in [3.8, 4) is 5.75 Å². The van der Waals surface area contributed by atoms with Crippen molar-refractivity contribution in [1.82, 2.24) is 4.90 Å². The summed E-state index contributed by atoms with van der Waals surface area (Å²) < 4.78 is 5.43. The first-order valence-electron chi connectivity index (χ1n) is 6.96. The molecule has 0 spiro atoms. The summed E-state index contributed by atoms with van der Waals surface area (Å²) in [4.78, 5) is 24.7. The number of carbonyl (C=O) groups is 2. The highest BCUT2D eigenvalue weighted by Gasteiger charge is 2.28. The third-order valence-corrected chi connectivity index (χ3v) is 3.75. The minimum atomic E-state index is -0.879. The lowest BCUT2D eigenvalue weighted by Gasteiger charge is -2.34. The first-order chi connectivity index (χ1) is 10.1. The number of rotatable bonds is 5. The van der Waals surface area contributed by atoms with Gasteiger partial charge in [-0.3, -0.25) is 9.59 Å². The van der Waals surface area contributed by atoms with Gasteiger partial charge < -0.3 is 14.7 Å². The number of hydrogen-bond donors (Lipinski definition) is 1. The minimum Gasteiger partial charge on any atom is -0.484 e. The zero-order chi connectivity index (χ0) is 15.2. The molecule has 2 rings (SSSR count). The van der Waals surface area contributed by atoms with Crippen molar-refractivity contribution >= 4 is 23.5 Å². The summed E-state index contributed by atoms with van der Waals surface area (Å²) in [7, 11) is 0. The van der Waals surface area contributed by atoms with Crippen molar-refractivity contribution in [2.45, 2.75) is 31.7 Å². The van der Waals surface area contributed by atoms with Gasteiger partial charge in [-0.05, 0) is 37.5 Å². The molecule has 1 aromatic rings. The maximum absolute atomic E-state index is 12.2. The highest BCUT2D eigenvalue weighted by molar-refractivity contribution is 6.30. The van der Waals surface area contributed by atoms with E-state index in [2.05, 4.69) is 0 Å². The summed E-state index contributed by atoms with van der Waals surface area (Å²) in [5.74, 6) is -0.529. The van der Waals surface area contributed by atoms with Gasteiger partial charge in [0.25, 0.3) is 5.91 Å². The molecule has 0 aliphatic carbocycles. The van der Waals surface area contributed by atoms with Crippen LogP contribution in [0.2, 0.25) is 5.02 Å². The molecule has 1 aromatic carbocycles. The van der Waals surface area contributed by atoms with Crippen molar-refractivity contribution in [2.75, 3.05) is 13.2 Å². The standard InChI is InChI=1S/C15H18ClNO4/c16-11-4-3-6-13(8-11)21-10-14(18)17-7-2-1-5-12(17)9-15(19)20/h3-4,6,8,12H,1-2,5,7,9-10H2,(H,19,20). The van der Waals surface area contributed by atoms with Crippen LogP contribution in [0.25, 0.3) is 0 Å². The Hall–Kier alpha value is -1.75. The summed E-state index contributed by atoms with van der Waals surface area (Å²) in [5.41, 5.74) is 0. The number of benzene rings is 1. The number of hydrogen-bond acceptors (Lipinski definition) is 3. The number of carboxylic acids is 1. The molecule has 1 heterocycles. The Balaban J connectivity index is 1.92. The van der Waals surface area contributed by atoms with E-state index in [1.807, 2.05) is 0 Å². The van der Waals surface area contributed by atoms with Crippen LogP contribution in [0, 0.1) is 0 Å². The fraction of sp³-hybridized carbons (Fsp3) is 0.467. The molecular formula is C15H18ClNO4. The quantitative estimate of drug-likeness (QED) is 0.907. The van der Waals surface area contributed by atoms with Gasteiger partial charge in [-0.1, -0.05) is 17.7 Å². The van der Waals surface area contributed by atoms with E-state index in [-0.39, 0.29) is 25.0 Å². The van der Waals surface area contributed by atoms with E-state index in [9.17, 15) is 9.59 Å². The van der Waals surface area contributed by atoms with E-state index in [1.54, 1.807) is 29.2 Å². The molecule has 0 radical (unpaired) electrons. The Morgan fingerprint density at radius 2 is 2.19 bits per heavy atom. The zero-order valence-corrected chi connectivity index (χ0v) is 12.4. The second-order valence-electron chi connectivity index (χ2n) is 5.08. The number of carboxylic acid groups (broad SMARTS) is 1. The normalized spacial score (nSPS) is 18.3. The van der Waals surface area contributed by atoms with Crippen LogP contribution in [0.4, 0.5) is 0 Å². The topological polar surface area (TPSA) is 66.8 Å². The number of carbonyl (C=O) groups excluding carboxylic acids is 1. The molecule has 1 aliphatic heterocycles. The van der Waals surface area contributed by atoms with Gasteiger partial charge in [0.15, 0.2) is 6.61 Å². The highest BCUT2D eigenvalue weighted by Crippen LogP contribution is 2.21. The second-order valence-corrected chi connectivity index (χ2v) is 5.52. The van der Waals surface area contributed by atoms with Gasteiger partial charge in [0.05, 0.1) is 6.42 Å². The smallest absolute Gasteiger partial charge is 0.305 e. The molecule has 6 heteroatoms. The van der Waals surface area contributed by atoms with Crippen LogP contribution in [-0.4, -0.2) is 41.1 Å². The van der Waals surface area contributed by atoms with Crippen LogP contribution in [-0.2, 0) is 9.59 Å². The van der Waals surface area contributed by atoms with Gasteiger partial charge >= 0.3 is 5.97 Å². The van der Waals surface area contributed by atoms with Crippen LogP contribution >= 0.6 is 11.6 Å². The predicted octanol–water partition coefficient (Wildman–Crippen LogP) is 2.57. The summed E-state index contributed by atoms with van der Waals surface area (Å²) in [6, 6.07) is 6.61. The lowest BCUT2D eigenvalue weighted by molar-refractivity contribution is -0.142. The molecule has 1 aliphatic rings. The third kappa shape index (κ3) is 4.63. The van der Waals surface area contributed by atoms with E-state index < -0.39 is 5.97 Å². The molecule has 1 fully saturated rings. The molecular weight excluding hydrogens is 294 g/mol. The Bertz CT molecular complexity index is 520. The zero-order valence-electron chi connectivity index (χ0n) is 11.6. The van der Waals surface area contributed by atoms with Gasteiger partial charge in [-0.25, -0.2) is 0 Å². The summed E-state index contributed by atoms with van der Waals surface area (Å²) in [6.07, 6.45) is 2.58. The van der Waals surface area contributed by atoms with Crippen molar-refractivity contribution < 1.29 is 19.4 Å². The number of nitrogens with zero attached hydrogens (tertiary/aromatic N) is 1. The fourth-order valence-corrected chi connectivity index (χ4v) is 2.71. The van der Waals surface area contributed by atoms with Gasteiger partial charge in [0, 0.05) is 17.6 Å². The second kappa shape index (κ2) is 7.31. The van der Waals surface area contributed by atoms with Crippen molar-refractivity contribution in [2.24, 2.45) is 0 Å². The van der Waals surface area contributed by atoms with E-state index >= 15 is 0 Å². The molecule has 21 heavy (non-hydrogen) atoms. The number of aliphatic carboxylic acids is 1. The number of amides is 1. The van der Waals surface area contributed by atoms with Crippen LogP contribution in [0.5, 0.6) is 5.75 Å². The maximum atomic E-state index is 12.2. The van der Waals surface area contributed by atoms with Gasteiger partial charge in [0.2, 0.25) is 0 Å². The van der Waals surface area contributed by atoms with Gasteiger partial charge in [-0.2, -0.15) is 0 Å². The first kappa shape index (κ1) is 15.6. The van der Waals surface area contributed by atoms with Crippen molar-refractivity contribution in [3.05, 3.63) is 29.3 Å². The molecule has 1 unspecified atom stereocenters. The number of likely N-dealkylation sites (tertiary alicyclic amines) is 1. The molecule has 0 saturated carbocycles. The summed E-state index contributed by atoms with van der Waals surface area (Å²) >= 11 is 5.85. The molecule has 1 atom stereocenters. The fourth-order valence-electron chi connectivity index (χ4n) is 2.53. The van der Waals surface area contributed by atoms with Gasteiger partial charge in [0.1, 0.15) is 5.75 Å². The van der Waals surface area contributed by atoms with Crippen LogP contribution in [0.1, 0.15) is 25.7 Å². The average molecular weight is 312 g/mol. The molecule has 1 N–H and O–H groups in total. The lowest BCUT2D eigenvalue weighted by Crippen LogP contribution is -2.46. The molecule has 1 amide bonds. The molecule has 0 bridgehead atoms. The third-order valence-electron chi connectivity index (χ3n) is 3.52. The first-order valence-corrected chi connectivity index (χ1v) is 7.33. The van der Waals surface area contributed by atoms with E-state index in [4.69, 9.17) is 21.4 Å². The minimum absolute atomic E-state index is 0.0110. The van der Waals surface area contributed by atoms with E-state index in [0.29, 0.717) is 17.3 Å². The Labute approximate surface area is 128 Å². The largest absolute Gasteiger partial charge is 0.484 e. The highest BCUT2D eigenvalue weighted by atomic mass is 35.5. The number of ether oxygens (including phenoxy) is 1. The SMILES string of the molecule is O=C(O)CC1CCCCN1C(=O)COc1cccc(Cl)c1. The van der Waals surface area contributed by atoms with Crippen molar-refractivity contribution in [1.29, 1.82) is 0 Å². The Morgan fingerprint density at radius 3 is 2.90 bits per heavy atom. The Morgan fingerprint density at radius 1 is 1.38 bits per heavy atom. The Kier molecular flexibility index (Phi) is 5.44. The van der Waals surface area contributed by atoms with Gasteiger partial charge in [-0.15, -0.1) is 0 Å². The van der Waals surface area contributed by atoms with Crippen molar-refractivity contribution in [3.63, 3.8) is 0 Å². The molecule has 1 saturated heterocycles. The lowest BCUT2D eigenvalue weighted by atomic mass is 9.99. The predicted molar refractivity (Wildman–Crippen MR) is 78.6 cm³/mol. The van der Waals surface area contributed by atoms with Crippen LogP contribution in [0.15, 0.2) is 24.3 Å². The number of piperidine rings is 1. The van der Waals surface area contributed by atoms with Crippen LogP contribution < -0.4 is 4.74 Å². The average Bonchev–Trinajstić information content (AvgIpc) is 2.45. The summed E-state index contributed by atoms with van der Waals surface area (Å²) in [5, 5.41) is 9.46. The summed E-state index contributed by atoms with van der Waals surface area (Å²) in [6.45, 7) is 0.492. The monoisotopic (exact) mass is 311 g/mol. The molecule has 5 nitrogen and oxygen atoms in total. The van der Waals surface area contributed by atoms with E-state index in [0.717, 1.165) is 19.3 Å². The molecule has 114 valence electrons. The van der Waals surface area contributed by atoms with Crippen LogP contribution in [0.3, 0.4) is 0 Å². The maximum Gasteiger partial charge on any atom is 0.305 e. The van der Waals surface area contributed by atoms with E-state index in [1.165, 1.54) is 0 Å². The number of halogens is 1. The molecule has 0 aromatic heterocycles.